The quantitative estimate of drug-likeness (QED) is 0.765. The van der Waals surface area contributed by atoms with Crippen LogP contribution < -0.4 is 0 Å². The lowest BCUT2D eigenvalue weighted by atomic mass is 9.93. The second-order valence-electron chi connectivity index (χ2n) is 6.39. The van der Waals surface area contributed by atoms with Gasteiger partial charge in [0.05, 0.1) is 10.7 Å². The van der Waals surface area contributed by atoms with Crippen LogP contribution in [0.15, 0.2) is 10.8 Å². The molecule has 2 heterocycles. The van der Waals surface area contributed by atoms with Gasteiger partial charge in [0.2, 0.25) is 0 Å². The van der Waals surface area contributed by atoms with Gasteiger partial charge in [0, 0.05) is 22.1 Å². The molecule has 1 unspecified atom stereocenters. The number of hydrogen-bond acceptors (Lipinski definition) is 4. The molecule has 1 atom stereocenters. The minimum Gasteiger partial charge on any atom is -0.239 e. The molecule has 0 aliphatic heterocycles. The van der Waals surface area contributed by atoms with Gasteiger partial charge in [-0.05, 0) is 5.92 Å². The Labute approximate surface area is 123 Å². The van der Waals surface area contributed by atoms with Crippen LogP contribution in [0.2, 0.25) is 0 Å². The van der Waals surface area contributed by atoms with Gasteiger partial charge < -0.3 is 0 Å². The van der Waals surface area contributed by atoms with Gasteiger partial charge in [-0.15, -0.1) is 22.7 Å². The van der Waals surface area contributed by atoms with Gasteiger partial charge in [-0.3, -0.25) is 0 Å². The SMILES string of the molecule is CC(C)C(C)c1nc(-c2nc(C(C)(C)C)cs2)cs1. The number of thiazole rings is 2. The first-order valence-corrected chi connectivity index (χ1v) is 8.46. The summed E-state index contributed by atoms with van der Waals surface area (Å²) >= 11 is 3.45. The van der Waals surface area contributed by atoms with Crippen LogP contribution in [0.25, 0.3) is 10.7 Å². The van der Waals surface area contributed by atoms with Gasteiger partial charge in [-0.1, -0.05) is 41.5 Å². The zero-order chi connectivity index (χ0) is 14.2. The van der Waals surface area contributed by atoms with Crippen LogP contribution in [0.4, 0.5) is 0 Å². The molecular weight excluding hydrogens is 272 g/mol. The Bertz CT molecular complexity index is 546. The first kappa shape index (κ1) is 14.7. The van der Waals surface area contributed by atoms with E-state index in [2.05, 4.69) is 52.3 Å². The van der Waals surface area contributed by atoms with Crippen LogP contribution in [0.5, 0.6) is 0 Å². The maximum Gasteiger partial charge on any atom is 0.143 e. The summed E-state index contributed by atoms with van der Waals surface area (Å²) in [4.78, 5) is 9.50. The number of aromatic nitrogens is 2. The van der Waals surface area contributed by atoms with E-state index in [4.69, 9.17) is 9.97 Å². The Morgan fingerprint density at radius 1 is 1.00 bits per heavy atom. The summed E-state index contributed by atoms with van der Waals surface area (Å²) in [7, 11) is 0. The summed E-state index contributed by atoms with van der Waals surface area (Å²) in [5.74, 6) is 1.14. The van der Waals surface area contributed by atoms with Crippen LogP contribution in [-0.4, -0.2) is 9.97 Å². The minimum atomic E-state index is 0.110. The van der Waals surface area contributed by atoms with Crippen molar-refractivity contribution in [3.63, 3.8) is 0 Å². The average molecular weight is 294 g/mol. The second-order valence-corrected chi connectivity index (χ2v) is 8.14. The van der Waals surface area contributed by atoms with Crippen molar-refractivity contribution in [1.82, 2.24) is 9.97 Å². The Hall–Kier alpha value is -0.740. The average Bonchev–Trinajstić information content (AvgIpc) is 2.95. The molecule has 0 spiro atoms. The molecule has 0 saturated carbocycles. The maximum atomic E-state index is 4.76. The number of hydrogen-bond donors (Lipinski definition) is 0. The van der Waals surface area contributed by atoms with Crippen LogP contribution in [0.1, 0.15) is 58.2 Å². The number of rotatable bonds is 3. The fraction of sp³-hybridized carbons (Fsp3) is 0.600. The second kappa shape index (κ2) is 5.33. The Kier molecular flexibility index (Phi) is 4.11. The molecule has 4 heteroatoms. The molecular formula is C15H22N2S2. The van der Waals surface area contributed by atoms with E-state index in [1.165, 1.54) is 5.01 Å². The molecule has 0 amide bonds. The highest BCUT2D eigenvalue weighted by Crippen LogP contribution is 2.33. The predicted octanol–water partition coefficient (Wildman–Crippen LogP) is 5.32. The fourth-order valence-electron chi connectivity index (χ4n) is 1.62. The van der Waals surface area contributed by atoms with E-state index >= 15 is 0 Å². The normalized spacial score (nSPS) is 14.1. The molecule has 0 saturated heterocycles. The largest absolute Gasteiger partial charge is 0.239 e. The topological polar surface area (TPSA) is 25.8 Å². The van der Waals surface area contributed by atoms with E-state index < -0.39 is 0 Å². The molecule has 0 fully saturated rings. The van der Waals surface area contributed by atoms with E-state index in [0.29, 0.717) is 11.8 Å². The predicted molar refractivity (Wildman–Crippen MR) is 85.2 cm³/mol. The first-order chi connectivity index (χ1) is 8.79. The highest BCUT2D eigenvalue weighted by Gasteiger charge is 2.20. The molecule has 0 N–H and O–H groups in total. The lowest BCUT2D eigenvalue weighted by molar-refractivity contribution is 0.533. The van der Waals surface area contributed by atoms with Crippen LogP contribution in [0.3, 0.4) is 0 Å². The van der Waals surface area contributed by atoms with Crippen molar-refractivity contribution < 1.29 is 0 Å². The van der Waals surface area contributed by atoms with Crippen LogP contribution in [0, 0.1) is 5.92 Å². The van der Waals surface area contributed by atoms with Crippen molar-refractivity contribution >= 4 is 22.7 Å². The minimum absolute atomic E-state index is 0.110. The summed E-state index contributed by atoms with van der Waals surface area (Å²) < 4.78 is 0. The summed E-state index contributed by atoms with van der Waals surface area (Å²) in [6.45, 7) is 13.3. The Balaban J connectivity index is 2.26. The highest BCUT2D eigenvalue weighted by molar-refractivity contribution is 7.14. The smallest absolute Gasteiger partial charge is 0.143 e. The highest BCUT2D eigenvalue weighted by atomic mass is 32.1. The van der Waals surface area contributed by atoms with Gasteiger partial charge >= 0.3 is 0 Å². The van der Waals surface area contributed by atoms with Crippen molar-refractivity contribution in [3.05, 3.63) is 21.5 Å². The molecule has 104 valence electrons. The lowest BCUT2D eigenvalue weighted by Gasteiger charge is -2.14. The summed E-state index contributed by atoms with van der Waals surface area (Å²) in [5, 5.41) is 6.56. The molecule has 2 nitrogen and oxygen atoms in total. The Morgan fingerprint density at radius 3 is 2.21 bits per heavy atom. The zero-order valence-corrected chi connectivity index (χ0v) is 14.2. The van der Waals surface area contributed by atoms with Gasteiger partial charge in [0.1, 0.15) is 10.7 Å². The number of nitrogens with zero attached hydrogens (tertiary/aromatic N) is 2. The van der Waals surface area contributed by atoms with Crippen LogP contribution >= 0.6 is 22.7 Å². The third kappa shape index (κ3) is 3.23. The van der Waals surface area contributed by atoms with Crippen LogP contribution in [-0.2, 0) is 5.41 Å². The van der Waals surface area contributed by atoms with E-state index in [-0.39, 0.29) is 5.41 Å². The molecule has 19 heavy (non-hydrogen) atoms. The van der Waals surface area contributed by atoms with Crippen molar-refractivity contribution in [2.24, 2.45) is 5.92 Å². The van der Waals surface area contributed by atoms with E-state index in [9.17, 15) is 0 Å². The molecule has 0 aliphatic carbocycles. The standard InChI is InChI=1S/C15H22N2S2/c1-9(2)10(3)13-16-11(7-18-13)14-17-12(8-19-14)15(4,5)6/h7-10H,1-6H3. The van der Waals surface area contributed by atoms with Gasteiger partial charge in [0.25, 0.3) is 0 Å². The van der Waals surface area contributed by atoms with Crippen molar-refractivity contribution in [2.75, 3.05) is 0 Å². The van der Waals surface area contributed by atoms with E-state index in [1.807, 2.05) is 0 Å². The zero-order valence-electron chi connectivity index (χ0n) is 12.5. The van der Waals surface area contributed by atoms with E-state index in [0.717, 1.165) is 16.4 Å². The molecule has 2 aromatic rings. The summed E-state index contributed by atoms with van der Waals surface area (Å²) in [5.41, 5.74) is 2.30. The first-order valence-electron chi connectivity index (χ1n) is 6.71. The maximum absolute atomic E-state index is 4.76. The lowest BCUT2D eigenvalue weighted by Crippen LogP contribution is -2.11. The van der Waals surface area contributed by atoms with Gasteiger partial charge in [-0.25, -0.2) is 9.97 Å². The molecule has 2 aromatic heterocycles. The van der Waals surface area contributed by atoms with E-state index in [1.54, 1.807) is 22.7 Å². The summed E-state index contributed by atoms with van der Waals surface area (Å²) in [6, 6.07) is 0. The molecule has 0 radical (unpaired) electrons. The Morgan fingerprint density at radius 2 is 1.68 bits per heavy atom. The summed E-state index contributed by atoms with van der Waals surface area (Å²) in [6.07, 6.45) is 0. The van der Waals surface area contributed by atoms with Crippen molar-refractivity contribution in [2.45, 2.75) is 52.9 Å². The van der Waals surface area contributed by atoms with Gasteiger partial charge in [-0.2, -0.15) is 0 Å². The van der Waals surface area contributed by atoms with Gasteiger partial charge in [0.15, 0.2) is 0 Å². The fourth-order valence-corrected chi connectivity index (χ4v) is 3.73. The molecule has 0 aliphatic rings. The van der Waals surface area contributed by atoms with Crippen molar-refractivity contribution in [3.8, 4) is 10.7 Å². The third-order valence-electron chi connectivity index (χ3n) is 3.40. The van der Waals surface area contributed by atoms with Crippen molar-refractivity contribution in [1.29, 1.82) is 0 Å². The molecule has 0 bridgehead atoms. The third-order valence-corrected chi connectivity index (χ3v) is 5.31. The monoisotopic (exact) mass is 294 g/mol. The molecule has 2 rings (SSSR count). The molecule has 0 aromatic carbocycles.